The van der Waals surface area contributed by atoms with Gasteiger partial charge in [-0.25, -0.2) is 4.79 Å². The maximum atomic E-state index is 12.0. The molecule has 1 rings (SSSR count). The number of benzene rings is 1. The first-order valence-electron chi connectivity index (χ1n) is 6.37. The lowest BCUT2D eigenvalue weighted by molar-refractivity contribution is -0.124. The first-order valence-corrected chi connectivity index (χ1v) is 7.16. The quantitative estimate of drug-likeness (QED) is 0.635. The Bertz CT molecular complexity index is 517. The number of carbonyl (C=O) groups excluding carboxylic acids is 2. The molecule has 0 saturated carbocycles. The van der Waals surface area contributed by atoms with Crippen molar-refractivity contribution in [1.82, 2.24) is 5.32 Å². The van der Waals surface area contributed by atoms with Crippen LogP contribution in [0.3, 0.4) is 0 Å². The molecule has 0 aliphatic carbocycles. The summed E-state index contributed by atoms with van der Waals surface area (Å²) in [6, 6.07) is 3.40. The van der Waals surface area contributed by atoms with Crippen molar-refractivity contribution in [3.8, 4) is 0 Å². The Hall–Kier alpha value is -1.56. The summed E-state index contributed by atoms with van der Waals surface area (Å²) in [5, 5.41) is 2.72. The van der Waals surface area contributed by atoms with E-state index >= 15 is 0 Å². The van der Waals surface area contributed by atoms with Crippen molar-refractivity contribution in [1.29, 1.82) is 0 Å². The van der Waals surface area contributed by atoms with Crippen LogP contribution in [-0.2, 0) is 9.53 Å². The Labute approximate surface area is 127 Å². The third kappa shape index (κ3) is 4.52. The maximum Gasteiger partial charge on any atom is 0.339 e. The van der Waals surface area contributed by atoms with Gasteiger partial charge in [-0.1, -0.05) is 22.9 Å². The molecule has 0 saturated heterocycles. The molecule has 1 aromatic carbocycles. The highest BCUT2D eigenvalue weighted by atomic mass is 79.9. The molecule has 1 atom stereocenters. The monoisotopic (exact) mass is 342 g/mol. The molecule has 0 aliphatic rings. The smallest absolute Gasteiger partial charge is 0.339 e. The molecule has 0 fully saturated rings. The number of nitrogens with one attached hydrogen (secondary N) is 1. The molecule has 1 aromatic rings. The minimum Gasteiger partial charge on any atom is -0.452 e. The van der Waals surface area contributed by atoms with Crippen LogP contribution in [-0.4, -0.2) is 24.5 Å². The van der Waals surface area contributed by atoms with Gasteiger partial charge >= 0.3 is 5.97 Å². The minimum absolute atomic E-state index is 0.0597. The summed E-state index contributed by atoms with van der Waals surface area (Å²) >= 11 is 3.27. The molecule has 5 nitrogen and oxygen atoms in total. The van der Waals surface area contributed by atoms with E-state index in [1.54, 1.807) is 19.1 Å². The summed E-state index contributed by atoms with van der Waals surface area (Å²) < 4.78 is 5.69. The van der Waals surface area contributed by atoms with E-state index in [1.165, 1.54) is 0 Å². The molecule has 1 amide bonds. The molecular formula is C14H19BrN2O3. The molecule has 1 unspecified atom stereocenters. The lowest BCUT2D eigenvalue weighted by Crippen LogP contribution is -2.35. The second-order valence-corrected chi connectivity index (χ2v) is 5.54. The van der Waals surface area contributed by atoms with Crippen molar-refractivity contribution in [2.24, 2.45) is 0 Å². The van der Waals surface area contributed by atoms with Gasteiger partial charge < -0.3 is 15.8 Å². The summed E-state index contributed by atoms with van der Waals surface area (Å²) in [5.74, 6) is -0.872. The van der Waals surface area contributed by atoms with E-state index in [0.717, 1.165) is 6.42 Å². The van der Waals surface area contributed by atoms with Crippen molar-refractivity contribution in [3.63, 3.8) is 0 Å². The van der Waals surface area contributed by atoms with Gasteiger partial charge in [0.25, 0.3) is 5.91 Å². The fraction of sp³-hybridized carbons (Fsp3) is 0.429. The molecular weight excluding hydrogens is 324 g/mol. The van der Waals surface area contributed by atoms with Crippen molar-refractivity contribution in [2.45, 2.75) is 33.2 Å². The predicted molar refractivity (Wildman–Crippen MR) is 81.5 cm³/mol. The number of esters is 1. The Morgan fingerprint density at radius 2 is 2.10 bits per heavy atom. The fourth-order valence-corrected chi connectivity index (χ4v) is 2.02. The number of ether oxygens (including phenoxy) is 1. The normalized spacial score (nSPS) is 11.8. The molecule has 6 heteroatoms. The summed E-state index contributed by atoms with van der Waals surface area (Å²) in [5.41, 5.74) is 7.27. The van der Waals surface area contributed by atoms with Gasteiger partial charge in [-0.15, -0.1) is 0 Å². The number of anilines is 1. The van der Waals surface area contributed by atoms with Crippen LogP contribution in [0.15, 0.2) is 16.6 Å². The van der Waals surface area contributed by atoms with Crippen LogP contribution in [0.5, 0.6) is 0 Å². The van der Waals surface area contributed by atoms with Gasteiger partial charge in [0.1, 0.15) is 0 Å². The summed E-state index contributed by atoms with van der Waals surface area (Å²) in [6.45, 7) is 5.29. The largest absolute Gasteiger partial charge is 0.452 e. The van der Waals surface area contributed by atoms with E-state index in [9.17, 15) is 9.59 Å². The van der Waals surface area contributed by atoms with Crippen LogP contribution in [0.2, 0.25) is 0 Å². The van der Waals surface area contributed by atoms with E-state index in [0.29, 0.717) is 21.3 Å². The molecule has 0 spiro atoms. The van der Waals surface area contributed by atoms with Gasteiger partial charge in [-0.2, -0.15) is 0 Å². The van der Waals surface area contributed by atoms with E-state index in [4.69, 9.17) is 10.5 Å². The number of nitrogen functional groups attached to an aromatic ring is 1. The summed E-state index contributed by atoms with van der Waals surface area (Å²) in [6.07, 6.45) is 0.820. The highest BCUT2D eigenvalue weighted by molar-refractivity contribution is 9.10. The average molecular weight is 343 g/mol. The highest BCUT2D eigenvalue weighted by Gasteiger charge is 2.15. The molecule has 20 heavy (non-hydrogen) atoms. The van der Waals surface area contributed by atoms with E-state index < -0.39 is 5.97 Å². The number of carbonyl (C=O) groups is 2. The molecule has 3 N–H and O–H groups in total. The first-order chi connectivity index (χ1) is 9.35. The number of amides is 1. The van der Waals surface area contributed by atoms with Crippen molar-refractivity contribution in [2.75, 3.05) is 12.3 Å². The van der Waals surface area contributed by atoms with Crippen molar-refractivity contribution >= 4 is 33.5 Å². The standard InChI is InChI=1S/C14H19BrN2O3/c1-4-8(2)17-13(18)7-20-14(19)11-5-10(15)6-12(16)9(11)3/h5-6,8H,4,7,16H2,1-3H3,(H,17,18). The van der Waals surface area contributed by atoms with Crippen LogP contribution in [0.4, 0.5) is 5.69 Å². The lowest BCUT2D eigenvalue weighted by Gasteiger charge is -2.12. The molecule has 0 heterocycles. The summed E-state index contributed by atoms with van der Waals surface area (Å²) in [7, 11) is 0. The van der Waals surface area contributed by atoms with E-state index in [-0.39, 0.29) is 18.6 Å². The van der Waals surface area contributed by atoms with Crippen LogP contribution in [0, 0.1) is 6.92 Å². The highest BCUT2D eigenvalue weighted by Crippen LogP contribution is 2.23. The summed E-state index contributed by atoms with van der Waals surface area (Å²) in [4.78, 5) is 23.5. The Morgan fingerprint density at radius 3 is 2.70 bits per heavy atom. The van der Waals surface area contributed by atoms with Crippen LogP contribution >= 0.6 is 15.9 Å². The number of halogens is 1. The zero-order valence-electron chi connectivity index (χ0n) is 11.8. The zero-order valence-corrected chi connectivity index (χ0v) is 13.4. The van der Waals surface area contributed by atoms with Gasteiger partial charge in [0.15, 0.2) is 6.61 Å². The zero-order chi connectivity index (χ0) is 15.3. The molecule has 110 valence electrons. The van der Waals surface area contributed by atoms with Gasteiger partial charge in [-0.05, 0) is 38.0 Å². The fourth-order valence-electron chi connectivity index (χ4n) is 1.54. The van der Waals surface area contributed by atoms with Crippen LogP contribution in [0.1, 0.15) is 36.2 Å². The van der Waals surface area contributed by atoms with Crippen molar-refractivity contribution < 1.29 is 14.3 Å². The number of hydrogen-bond acceptors (Lipinski definition) is 4. The lowest BCUT2D eigenvalue weighted by atomic mass is 10.1. The second kappa shape index (κ2) is 7.28. The SMILES string of the molecule is CCC(C)NC(=O)COC(=O)c1cc(Br)cc(N)c1C. The topological polar surface area (TPSA) is 81.4 Å². The van der Waals surface area contributed by atoms with Gasteiger partial charge in [0, 0.05) is 16.2 Å². The number of rotatable bonds is 5. The minimum atomic E-state index is -0.560. The van der Waals surface area contributed by atoms with E-state index in [2.05, 4.69) is 21.2 Å². The predicted octanol–water partition coefficient (Wildman–Crippen LogP) is 2.41. The van der Waals surface area contributed by atoms with Crippen LogP contribution in [0.25, 0.3) is 0 Å². The van der Waals surface area contributed by atoms with Gasteiger partial charge in [-0.3, -0.25) is 4.79 Å². The first kappa shape index (κ1) is 16.5. The third-order valence-electron chi connectivity index (χ3n) is 2.99. The molecule has 0 aliphatic heterocycles. The Balaban J connectivity index is 2.66. The van der Waals surface area contributed by atoms with Crippen molar-refractivity contribution in [3.05, 3.63) is 27.7 Å². The Kier molecular flexibility index (Phi) is 6.01. The van der Waals surface area contributed by atoms with E-state index in [1.807, 2.05) is 13.8 Å². The Morgan fingerprint density at radius 1 is 1.45 bits per heavy atom. The van der Waals surface area contributed by atoms with Gasteiger partial charge in [0.2, 0.25) is 0 Å². The number of hydrogen-bond donors (Lipinski definition) is 2. The second-order valence-electron chi connectivity index (χ2n) is 4.62. The van der Waals surface area contributed by atoms with Gasteiger partial charge in [0.05, 0.1) is 5.56 Å². The average Bonchev–Trinajstić information content (AvgIpc) is 2.39. The maximum absolute atomic E-state index is 12.0. The molecule has 0 aromatic heterocycles. The molecule has 0 radical (unpaired) electrons. The number of nitrogens with two attached hydrogens (primary N) is 1. The third-order valence-corrected chi connectivity index (χ3v) is 3.44. The van der Waals surface area contributed by atoms with Crippen LogP contribution < -0.4 is 11.1 Å². The molecule has 0 bridgehead atoms.